The number of nitrogen functional groups attached to an aromatic ring is 1. The fourth-order valence-electron chi connectivity index (χ4n) is 1.51. The molecule has 1 rings (SSSR count). The second-order valence-corrected chi connectivity index (χ2v) is 4.88. The maximum atomic E-state index is 12.2. The molecule has 2 N–H and O–H groups in total. The summed E-state index contributed by atoms with van der Waals surface area (Å²) in [6, 6.07) is 5.04. The van der Waals surface area contributed by atoms with Crippen LogP contribution < -0.4 is 5.73 Å². The Balaban J connectivity index is 2.66. The maximum Gasteiger partial charge on any atom is 0.307 e. The topological polar surface area (TPSA) is 72.6 Å². The van der Waals surface area contributed by atoms with Crippen molar-refractivity contribution in [3.63, 3.8) is 0 Å². The van der Waals surface area contributed by atoms with Crippen molar-refractivity contribution < 1.29 is 14.3 Å². The lowest BCUT2D eigenvalue weighted by Gasteiger charge is -2.17. The number of rotatable bonds is 5. The van der Waals surface area contributed by atoms with Gasteiger partial charge in [0, 0.05) is 23.8 Å². The van der Waals surface area contributed by atoms with E-state index in [1.807, 2.05) is 0 Å². The molecule has 1 aromatic rings. The van der Waals surface area contributed by atoms with E-state index in [0.717, 1.165) is 0 Å². The number of ether oxygens (including phenoxy) is 1. The molecule has 6 heteroatoms. The Hall–Kier alpha value is -1.56. The molecule has 0 fully saturated rings. The molecule has 0 saturated heterocycles. The molecule has 19 heavy (non-hydrogen) atoms. The molecule has 0 atom stereocenters. The molecule has 0 aliphatic heterocycles. The van der Waals surface area contributed by atoms with Gasteiger partial charge < -0.3 is 15.4 Å². The maximum absolute atomic E-state index is 12.2. The summed E-state index contributed by atoms with van der Waals surface area (Å²) in [6.45, 7) is 2.40. The van der Waals surface area contributed by atoms with Crippen LogP contribution in [0, 0.1) is 0 Å². The van der Waals surface area contributed by atoms with E-state index in [1.165, 1.54) is 4.90 Å². The number of nitrogens with two attached hydrogens (primary N) is 1. The van der Waals surface area contributed by atoms with Crippen LogP contribution >= 0.6 is 15.9 Å². The van der Waals surface area contributed by atoms with Crippen LogP contribution in [0.5, 0.6) is 0 Å². The lowest BCUT2D eigenvalue weighted by Crippen LogP contribution is -2.29. The number of benzene rings is 1. The minimum atomic E-state index is -0.311. The SMILES string of the molecule is CCOC(=O)CCN(C)C(=O)c1cc(N)ccc1Br. The van der Waals surface area contributed by atoms with E-state index in [1.54, 1.807) is 32.2 Å². The zero-order chi connectivity index (χ0) is 14.4. The molecule has 0 aliphatic carbocycles. The Morgan fingerprint density at radius 2 is 2.11 bits per heavy atom. The average molecular weight is 329 g/mol. The highest BCUT2D eigenvalue weighted by Crippen LogP contribution is 2.20. The van der Waals surface area contributed by atoms with Gasteiger partial charge in [0.25, 0.3) is 5.91 Å². The number of hydrogen-bond donors (Lipinski definition) is 1. The number of halogens is 1. The van der Waals surface area contributed by atoms with Crippen molar-refractivity contribution >= 4 is 33.5 Å². The van der Waals surface area contributed by atoms with Crippen molar-refractivity contribution in [3.05, 3.63) is 28.2 Å². The van der Waals surface area contributed by atoms with Crippen LogP contribution in [0.15, 0.2) is 22.7 Å². The van der Waals surface area contributed by atoms with Crippen LogP contribution in [0.3, 0.4) is 0 Å². The standard InChI is InChI=1S/C13H17BrN2O3/c1-3-19-12(17)6-7-16(2)13(18)10-8-9(15)4-5-11(10)14/h4-5,8H,3,6-7,15H2,1-2H3. The third kappa shape index (κ3) is 4.55. The Morgan fingerprint density at radius 1 is 1.42 bits per heavy atom. The fourth-order valence-corrected chi connectivity index (χ4v) is 1.92. The highest BCUT2D eigenvalue weighted by Gasteiger charge is 2.16. The Kier molecular flexibility index (Phi) is 5.82. The van der Waals surface area contributed by atoms with E-state index < -0.39 is 0 Å². The normalized spacial score (nSPS) is 10.1. The molecule has 0 bridgehead atoms. The summed E-state index contributed by atoms with van der Waals surface area (Å²) in [6.07, 6.45) is 0.177. The monoisotopic (exact) mass is 328 g/mol. The van der Waals surface area contributed by atoms with Gasteiger partial charge in [0.1, 0.15) is 0 Å². The van der Waals surface area contributed by atoms with Crippen molar-refractivity contribution in [2.45, 2.75) is 13.3 Å². The van der Waals surface area contributed by atoms with E-state index in [-0.39, 0.29) is 18.3 Å². The van der Waals surface area contributed by atoms with E-state index >= 15 is 0 Å². The highest BCUT2D eigenvalue weighted by molar-refractivity contribution is 9.10. The summed E-state index contributed by atoms with van der Waals surface area (Å²) < 4.78 is 5.49. The molecular weight excluding hydrogens is 312 g/mol. The first-order valence-electron chi connectivity index (χ1n) is 5.91. The van der Waals surface area contributed by atoms with Gasteiger partial charge in [0.2, 0.25) is 0 Å². The summed E-state index contributed by atoms with van der Waals surface area (Å²) in [7, 11) is 1.64. The molecule has 0 saturated carbocycles. The Morgan fingerprint density at radius 3 is 2.74 bits per heavy atom. The number of carbonyl (C=O) groups excluding carboxylic acids is 2. The molecule has 0 aliphatic rings. The number of anilines is 1. The summed E-state index contributed by atoms with van der Waals surface area (Å²) in [4.78, 5) is 24.9. The van der Waals surface area contributed by atoms with Crippen LogP contribution in [0.1, 0.15) is 23.7 Å². The van der Waals surface area contributed by atoms with Crippen molar-refractivity contribution in [1.29, 1.82) is 0 Å². The second kappa shape index (κ2) is 7.13. The first-order chi connectivity index (χ1) is 8.95. The molecule has 0 heterocycles. The molecule has 0 aromatic heterocycles. The lowest BCUT2D eigenvalue weighted by molar-refractivity contribution is -0.143. The second-order valence-electron chi connectivity index (χ2n) is 4.02. The number of nitrogens with zero attached hydrogens (tertiary/aromatic N) is 1. The predicted octanol–water partition coefficient (Wildman–Crippen LogP) is 2.06. The molecule has 5 nitrogen and oxygen atoms in total. The van der Waals surface area contributed by atoms with Crippen LogP contribution in [0.4, 0.5) is 5.69 Å². The summed E-state index contributed by atoms with van der Waals surface area (Å²) >= 11 is 3.31. The van der Waals surface area contributed by atoms with Gasteiger partial charge >= 0.3 is 5.97 Å². The van der Waals surface area contributed by atoms with Crippen molar-refractivity contribution in [2.75, 3.05) is 25.9 Å². The van der Waals surface area contributed by atoms with Gasteiger partial charge in [0.05, 0.1) is 18.6 Å². The van der Waals surface area contributed by atoms with E-state index in [2.05, 4.69) is 15.9 Å². The van der Waals surface area contributed by atoms with E-state index in [0.29, 0.717) is 28.9 Å². The number of carbonyl (C=O) groups is 2. The van der Waals surface area contributed by atoms with Crippen LogP contribution in [-0.4, -0.2) is 37.0 Å². The molecule has 1 amide bonds. The number of amides is 1. The zero-order valence-electron chi connectivity index (χ0n) is 11.0. The summed E-state index contributed by atoms with van der Waals surface area (Å²) in [5.41, 5.74) is 6.66. The van der Waals surface area contributed by atoms with Crippen LogP contribution in [0.25, 0.3) is 0 Å². The molecule has 104 valence electrons. The van der Waals surface area contributed by atoms with Crippen LogP contribution in [-0.2, 0) is 9.53 Å². The Bertz CT molecular complexity index is 477. The van der Waals surface area contributed by atoms with Gasteiger partial charge in [0.15, 0.2) is 0 Å². The van der Waals surface area contributed by atoms with Gasteiger partial charge in [-0.15, -0.1) is 0 Å². The minimum Gasteiger partial charge on any atom is -0.466 e. The third-order valence-electron chi connectivity index (χ3n) is 2.52. The van der Waals surface area contributed by atoms with E-state index in [9.17, 15) is 9.59 Å². The number of hydrogen-bond acceptors (Lipinski definition) is 4. The van der Waals surface area contributed by atoms with Crippen molar-refractivity contribution in [3.8, 4) is 0 Å². The first-order valence-corrected chi connectivity index (χ1v) is 6.71. The third-order valence-corrected chi connectivity index (χ3v) is 3.22. The zero-order valence-corrected chi connectivity index (χ0v) is 12.6. The van der Waals surface area contributed by atoms with Crippen molar-refractivity contribution in [2.24, 2.45) is 0 Å². The lowest BCUT2D eigenvalue weighted by atomic mass is 10.2. The van der Waals surface area contributed by atoms with Crippen LogP contribution in [0.2, 0.25) is 0 Å². The summed E-state index contributed by atoms with van der Waals surface area (Å²) in [5, 5.41) is 0. The van der Waals surface area contributed by atoms with Gasteiger partial charge in [-0.25, -0.2) is 0 Å². The quantitative estimate of drug-likeness (QED) is 0.663. The summed E-state index contributed by atoms with van der Waals surface area (Å²) in [5.74, 6) is -0.503. The average Bonchev–Trinajstić information content (AvgIpc) is 2.38. The van der Waals surface area contributed by atoms with E-state index in [4.69, 9.17) is 10.5 Å². The molecule has 0 spiro atoms. The minimum absolute atomic E-state index is 0.177. The van der Waals surface area contributed by atoms with Gasteiger partial charge in [-0.3, -0.25) is 9.59 Å². The van der Waals surface area contributed by atoms with Gasteiger partial charge in [-0.2, -0.15) is 0 Å². The fraction of sp³-hybridized carbons (Fsp3) is 0.385. The molecule has 0 radical (unpaired) electrons. The largest absolute Gasteiger partial charge is 0.466 e. The molecular formula is C13H17BrN2O3. The highest BCUT2D eigenvalue weighted by atomic mass is 79.9. The Labute approximate surface area is 120 Å². The number of esters is 1. The van der Waals surface area contributed by atoms with Crippen molar-refractivity contribution in [1.82, 2.24) is 4.90 Å². The van der Waals surface area contributed by atoms with Gasteiger partial charge in [-0.05, 0) is 41.1 Å². The molecule has 1 aromatic carbocycles. The van der Waals surface area contributed by atoms with Gasteiger partial charge in [-0.1, -0.05) is 0 Å². The first kappa shape index (κ1) is 15.5. The predicted molar refractivity (Wildman–Crippen MR) is 76.8 cm³/mol. The molecule has 0 unspecified atom stereocenters. The smallest absolute Gasteiger partial charge is 0.307 e.